The highest BCUT2D eigenvalue weighted by molar-refractivity contribution is 5.97. The number of fused-ring (bicyclic) bond motifs is 1. The molecule has 0 aliphatic carbocycles. The number of hydrogen-bond donors (Lipinski definition) is 2. The van der Waals surface area contributed by atoms with E-state index >= 15 is 0 Å². The van der Waals surface area contributed by atoms with Crippen molar-refractivity contribution in [2.75, 3.05) is 12.4 Å². The molecule has 2 amide bonds. The molecule has 0 spiro atoms. The zero-order valence-corrected chi connectivity index (χ0v) is 16.1. The van der Waals surface area contributed by atoms with Gasteiger partial charge in [-0.15, -0.1) is 0 Å². The fraction of sp³-hybridized carbons (Fsp3) is 0.182. The SMILES string of the molecule is COC(=O)[C@@H](Cc1ccc2ccccc2n1)NC(=O)c1ccc(NC(C)=O)cc1. The van der Waals surface area contributed by atoms with Gasteiger partial charge in [-0.1, -0.05) is 24.3 Å². The second-order valence-electron chi connectivity index (χ2n) is 6.51. The van der Waals surface area contributed by atoms with Gasteiger partial charge >= 0.3 is 5.97 Å². The summed E-state index contributed by atoms with van der Waals surface area (Å²) in [7, 11) is 1.28. The number of nitrogens with one attached hydrogen (secondary N) is 2. The van der Waals surface area contributed by atoms with Crippen molar-refractivity contribution in [1.82, 2.24) is 10.3 Å². The molecule has 0 unspecified atom stereocenters. The van der Waals surface area contributed by atoms with E-state index in [1.807, 2.05) is 36.4 Å². The molecule has 2 N–H and O–H groups in total. The molecule has 7 nitrogen and oxygen atoms in total. The Morgan fingerprint density at radius 2 is 1.72 bits per heavy atom. The van der Waals surface area contributed by atoms with Gasteiger partial charge in [0.15, 0.2) is 0 Å². The van der Waals surface area contributed by atoms with Crippen LogP contribution in [0.3, 0.4) is 0 Å². The molecule has 1 atom stereocenters. The number of nitrogens with zero attached hydrogens (tertiary/aromatic N) is 1. The van der Waals surface area contributed by atoms with Crippen LogP contribution in [0.1, 0.15) is 23.0 Å². The molecule has 0 fully saturated rings. The molecule has 2 aromatic carbocycles. The van der Waals surface area contributed by atoms with Gasteiger partial charge in [0.1, 0.15) is 6.04 Å². The third-order valence-corrected chi connectivity index (χ3v) is 4.33. The summed E-state index contributed by atoms with van der Waals surface area (Å²) < 4.78 is 4.84. The van der Waals surface area contributed by atoms with Crippen LogP contribution in [-0.4, -0.2) is 35.9 Å². The fourth-order valence-electron chi connectivity index (χ4n) is 2.92. The van der Waals surface area contributed by atoms with Gasteiger partial charge in [0.05, 0.1) is 12.6 Å². The zero-order valence-electron chi connectivity index (χ0n) is 16.1. The molecule has 0 saturated heterocycles. The molecule has 0 radical (unpaired) electrons. The maximum absolute atomic E-state index is 12.6. The average molecular weight is 391 g/mol. The van der Waals surface area contributed by atoms with Crippen molar-refractivity contribution in [1.29, 1.82) is 0 Å². The minimum Gasteiger partial charge on any atom is -0.467 e. The Morgan fingerprint density at radius 3 is 2.41 bits per heavy atom. The molecule has 1 heterocycles. The monoisotopic (exact) mass is 391 g/mol. The standard InChI is InChI=1S/C22H21N3O4/c1-14(26)23-17-10-8-16(9-11-17)21(27)25-20(22(28)29-2)13-18-12-7-15-5-3-4-6-19(15)24-18/h3-12,20H,13H2,1-2H3,(H,23,26)(H,25,27)/t20-/m1/s1. The quantitative estimate of drug-likeness (QED) is 0.630. The first-order valence-electron chi connectivity index (χ1n) is 9.07. The molecule has 148 valence electrons. The Morgan fingerprint density at radius 1 is 1.00 bits per heavy atom. The van der Waals surface area contributed by atoms with Gasteiger partial charge in [0.2, 0.25) is 5.91 Å². The number of rotatable bonds is 6. The van der Waals surface area contributed by atoms with Gasteiger partial charge in [0.25, 0.3) is 5.91 Å². The summed E-state index contributed by atoms with van der Waals surface area (Å²) in [5.41, 5.74) is 2.42. The van der Waals surface area contributed by atoms with Crippen molar-refractivity contribution in [3.05, 3.63) is 71.9 Å². The summed E-state index contributed by atoms with van der Waals surface area (Å²) >= 11 is 0. The first-order chi connectivity index (χ1) is 14.0. The number of hydrogen-bond acceptors (Lipinski definition) is 5. The number of amides is 2. The molecule has 29 heavy (non-hydrogen) atoms. The molecule has 3 rings (SSSR count). The third-order valence-electron chi connectivity index (χ3n) is 4.33. The summed E-state index contributed by atoms with van der Waals surface area (Å²) in [6.45, 7) is 1.41. The Bertz CT molecular complexity index is 1050. The van der Waals surface area contributed by atoms with Crippen LogP contribution in [0, 0.1) is 0 Å². The van der Waals surface area contributed by atoms with Crippen LogP contribution in [0.2, 0.25) is 0 Å². The van der Waals surface area contributed by atoms with Crippen molar-refractivity contribution in [2.45, 2.75) is 19.4 Å². The van der Waals surface area contributed by atoms with Crippen molar-refractivity contribution in [2.24, 2.45) is 0 Å². The lowest BCUT2D eigenvalue weighted by molar-refractivity contribution is -0.142. The maximum Gasteiger partial charge on any atom is 0.328 e. The Balaban J connectivity index is 1.75. The van der Waals surface area contributed by atoms with Crippen molar-refractivity contribution >= 4 is 34.4 Å². The lowest BCUT2D eigenvalue weighted by Crippen LogP contribution is -2.43. The van der Waals surface area contributed by atoms with E-state index in [4.69, 9.17) is 4.74 Å². The average Bonchev–Trinajstić information content (AvgIpc) is 2.72. The lowest BCUT2D eigenvalue weighted by atomic mass is 10.1. The first kappa shape index (κ1) is 20.0. The van der Waals surface area contributed by atoms with Crippen LogP contribution in [0.25, 0.3) is 10.9 Å². The van der Waals surface area contributed by atoms with Gasteiger partial charge in [-0.25, -0.2) is 4.79 Å². The number of esters is 1. The Hall–Kier alpha value is -3.74. The highest BCUT2D eigenvalue weighted by Crippen LogP contribution is 2.14. The van der Waals surface area contributed by atoms with Crippen LogP contribution >= 0.6 is 0 Å². The number of pyridine rings is 1. The van der Waals surface area contributed by atoms with Crippen LogP contribution < -0.4 is 10.6 Å². The van der Waals surface area contributed by atoms with E-state index in [1.54, 1.807) is 24.3 Å². The van der Waals surface area contributed by atoms with Crippen LogP contribution in [0.4, 0.5) is 5.69 Å². The molecule has 7 heteroatoms. The van der Waals surface area contributed by atoms with E-state index < -0.39 is 17.9 Å². The summed E-state index contributed by atoms with van der Waals surface area (Å²) in [5, 5.41) is 6.33. The van der Waals surface area contributed by atoms with E-state index in [1.165, 1.54) is 14.0 Å². The largest absolute Gasteiger partial charge is 0.467 e. The van der Waals surface area contributed by atoms with E-state index in [-0.39, 0.29) is 12.3 Å². The topological polar surface area (TPSA) is 97.4 Å². The van der Waals surface area contributed by atoms with Crippen LogP contribution in [0.15, 0.2) is 60.7 Å². The summed E-state index contributed by atoms with van der Waals surface area (Å²) in [5.74, 6) is -1.17. The normalized spacial score (nSPS) is 11.5. The summed E-state index contributed by atoms with van der Waals surface area (Å²) in [4.78, 5) is 40.4. The van der Waals surface area contributed by atoms with Crippen LogP contribution in [-0.2, 0) is 20.7 Å². The molecule has 3 aromatic rings. The minimum absolute atomic E-state index is 0.198. The van der Waals surface area contributed by atoms with Gasteiger partial charge in [-0.3, -0.25) is 14.6 Å². The molecule has 0 aliphatic heterocycles. The Labute approximate surface area is 168 Å². The van der Waals surface area contributed by atoms with Crippen molar-refractivity contribution < 1.29 is 19.1 Å². The predicted molar refractivity (Wildman–Crippen MR) is 109 cm³/mol. The Kier molecular flexibility index (Phi) is 6.19. The fourth-order valence-corrected chi connectivity index (χ4v) is 2.92. The number of ether oxygens (including phenoxy) is 1. The smallest absolute Gasteiger partial charge is 0.328 e. The van der Waals surface area contributed by atoms with Crippen molar-refractivity contribution in [3.63, 3.8) is 0 Å². The zero-order chi connectivity index (χ0) is 20.8. The lowest BCUT2D eigenvalue weighted by Gasteiger charge is -2.16. The second kappa shape index (κ2) is 8.97. The van der Waals surface area contributed by atoms with E-state index in [0.29, 0.717) is 16.9 Å². The molecule has 0 bridgehead atoms. The number of carbonyl (C=O) groups excluding carboxylic acids is 3. The van der Waals surface area contributed by atoms with Gasteiger partial charge in [-0.05, 0) is 36.4 Å². The van der Waals surface area contributed by atoms with Gasteiger partial charge < -0.3 is 15.4 Å². The summed E-state index contributed by atoms with van der Waals surface area (Å²) in [6.07, 6.45) is 0.202. The number of benzene rings is 2. The molecule has 0 aliphatic rings. The molecular weight excluding hydrogens is 370 g/mol. The number of anilines is 1. The minimum atomic E-state index is -0.879. The maximum atomic E-state index is 12.6. The number of para-hydroxylation sites is 1. The van der Waals surface area contributed by atoms with Gasteiger partial charge in [0, 0.05) is 35.7 Å². The first-order valence-corrected chi connectivity index (χ1v) is 9.07. The second-order valence-corrected chi connectivity index (χ2v) is 6.51. The van der Waals surface area contributed by atoms with Crippen molar-refractivity contribution in [3.8, 4) is 0 Å². The number of carbonyl (C=O) groups is 3. The molecular formula is C22H21N3O4. The molecule has 0 saturated carbocycles. The van der Waals surface area contributed by atoms with Gasteiger partial charge in [-0.2, -0.15) is 0 Å². The third kappa shape index (κ3) is 5.16. The summed E-state index contributed by atoms with van der Waals surface area (Å²) in [6, 6.07) is 16.9. The van der Waals surface area contributed by atoms with E-state index in [2.05, 4.69) is 15.6 Å². The highest BCUT2D eigenvalue weighted by Gasteiger charge is 2.23. The predicted octanol–water partition coefficient (Wildman–Crippen LogP) is 2.71. The number of methoxy groups -OCH3 is 1. The number of aromatic nitrogens is 1. The van der Waals surface area contributed by atoms with Crippen LogP contribution in [0.5, 0.6) is 0 Å². The van der Waals surface area contributed by atoms with E-state index in [9.17, 15) is 14.4 Å². The van der Waals surface area contributed by atoms with E-state index in [0.717, 1.165) is 10.9 Å². The molecule has 1 aromatic heterocycles. The highest BCUT2D eigenvalue weighted by atomic mass is 16.5.